The number of carboxylic acid groups (broad SMARTS) is 1. The molecule has 108 valence electrons. The zero-order valence-electron chi connectivity index (χ0n) is 11.1. The lowest BCUT2D eigenvalue weighted by molar-refractivity contribution is -0.139. The standard InChI is InChI=1S/C14H18N2O4/c17-9-7-11(13(18)19)15-14(20)16-8-3-5-10-4-1-2-6-12(10)16/h1-2,4,6,11,17H,3,5,7-9H2,(H,15,20)(H,18,19)/t11-/m0/s1. The van der Waals surface area contributed by atoms with E-state index in [0.29, 0.717) is 6.54 Å². The number of para-hydroxylation sites is 1. The molecule has 0 radical (unpaired) electrons. The number of amides is 2. The number of aliphatic carboxylic acids is 1. The molecule has 0 saturated heterocycles. The van der Waals surface area contributed by atoms with Crippen LogP contribution in [0.1, 0.15) is 18.4 Å². The number of nitrogens with one attached hydrogen (secondary N) is 1. The number of anilines is 1. The Hall–Kier alpha value is -2.08. The fourth-order valence-corrected chi connectivity index (χ4v) is 2.36. The zero-order valence-corrected chi connectivity index (χ0v) is 11.1. The van der Waals surface area contributed by atoms with Gasteiger partial charge in [0, 0.05) is 25.3 Å². The van der Waals surface area contributed by atoms with Crippen molar-refractivity contribution in [1.29, 1.82) is 0 Å². The summed E-state index contributed by atoms with van der Waals surface area (Å²) in [6, 6.07) is 6.10. The minimum absolute atomic E-state index is 0.00341. The van der Waals surface area contributed by atoms with E-state index < -0.39 is 18.0 Å². The van der Waals surface area contributed by atoms with Crippen LogP contribution in [0.3, 0.4) is 0 Å². The number of carboxylic acids is 1. The average molecular weight is 278 g/mol. The summed E-state index contributed by atoms with van der Waals surface area (Å²) >= 11 is 0. The first-order chi connectivity index (χ1) is 9.63. The highest BCUT2D eigenvalue weighted by Gasteiger charge is 2.26. The number of benzene rings is 1. The van der Waals surface area contributed by atoms with Gasteiger partial charge >= 0.3 is 12.0 Å². The first kappa shape index (κ1) is 14.3. The summed E-state index contributed by atoms with van der Waals surface area (Å²) in [5.41, 5.74) is 1.91. The number of aliphatic hydroxyl groups excluding tert-OH is 1. The van der Waals surface area contributed by atoms with Crippen LogP contribution in [0.2, 0.25) is 0 Å². The molecule has 20 heavy (non-hydrogen) atoms. The highest BCUT2D eigenvalue weighted by molar-refractivity contribution is 5.95. The number of hydrogen-bond acceptors (Lipinski definition) is 3. The summed E-state index contributed by atoms with van der Waals surface area (Å²) in [6.07, 6.45) is 1.76. The van der Waals surface area contributed by atoms with E-state index >= 15 is 0 Å². The predicted octanol–water partition coefficient (Wildman–Crippen LogP) is 0.984. The Labute approximate surface area is 117 Å². The number of urea groups is 1. The largest absolute Gasteiger partial charge is 0.480 e. The van der Waals surface area contributed by atoms with E-state index in [1.54, 1.807) is 4.90 Å². The van der Waals surface area contributed by atoms with Crippen molar-refractivity contribution in [2.75, 3.05) is 18.1 Å². The lowest BCUT2D eigenvalue weighted by atomic mass is 10.0. The topological polar surface area (TPSA) is 89.9 Å². The molecule has 6 nitrogen and oxygen atoms in total. The van der Waals surface area contributed by atoms with E-state index in [1.165, 1.54) is 0 Å². The van der Waals surface area contributed by atoms with Gasteiger partial charge in [-0.05, 0) is 24.5 Å². The van der Waals surface area contributed by atoms with Gasteiger partial charge in [-0.3, -0.25) is 4.90 Å². The SMILES string of the molecule is O=C(O)[C@H](CCO)NC(=O)N1CCCc2ccccc21. The number of nitrogens with zero attached hydrogens (tertiary/aromatic N) is 1. The number of fused-ring (bicyclic) bond motifs is 1. The maximum Gasteiger partial charge on any atom is 0.326 e. The molecule has 1 heterocycles. The molecule has 0 aliphatic carbocycles. The van der Waals surface area contributed by atoms with Gasteiger partial charge in [-0.15, -0.1) is 0 Å². The van der Waals surface area contributed by atoms with Crippen molar-refractivity contribution >= 4 is 17.7 Å². The number of carbonyl (C=O) groups is 2. The molecule has 1 aromatic rings. The van der Waals surface area contributed by atoms with Gasteiger partial charge in [0.25, 0.3) is 0 Å². The molecular formula is C14H18N2O4. The van der Waals surface area contributed by atoms with Crippen LogP contribution < -0.4 is 10.2 Å². The van der Waals surface area contributed by atoms with E-state index in [9.17, 15) is 9.59 Å². The van der Waals surface area contributed by atoms with Gasteiger partial charge < -0.3 is 15.5 Å². The van der Waals surface area contributed by atoms with Crippen LogP contribution >= 0.6 is 0 Å². The lowest BCUT2D eigenvalue weighted by Crippen LogP contribution is -2.49. The molecule has 1 aromatic carbocycles. The van der Waals surface area contributed by atoms with E-state index in [0.717, 1.165) is 24.1 Å². The fourth-order valence-electron chi connectivity index (χ4n) is 2.36. The molecule has 0 fully saturated rings. The van der Waals surface area contributed by atoms with Crippen molar-refractivity contribution in [3.8, 4) is 0 Å². The second kappa shape index (κ2) is 6.38. The third-order valence-electron chi connectivity index (χ3n) is 3.37. The highest BCUT2D eigenvalue weighted by atomic mass is 16.4. The second-order valence-electron chi connectivity index (χ2n) is 4.74. The van der Waals surface area contributed by atoms with Crippen molar-refractivity contribution in [2.45, 2.75) is 25.3 Å². The van der Waals surface area contributed by atoms with Crippen molar-refractivity contribution in [3.63, 3.8) is 0 Å². The molecule has 2 amide bonds. The molecule has 0 bridgehead atoms. The number of rotatable bonds is 4. The van der Waals surface area contributed by atoms with Gasteiger partial charge in [0.2, 0.25) is 0 Å². The Morgan fingerprint density at radius 3 is 2.80 bits per heavy atom. The second-order valence-corrected chi connectivity index (χ2v) is 4.74. The first-order valence-electron chi connectivity index (χ1n) is 6.63. The summed E-state index contributed by atoms with van der Waals surface area (Å²) in [6.45, 7) is 0.280. The van der Waals surface area contributed by atoms with Crippen molar-refractivity contribution in [2.24, 2.45) is 0 Å². The minimum Gasteiger partial charge on any atom is -0.480 e. The van der Waals surface area contributed by atoms with Crippen LogP contribution in [0, 0.1) is 0 Å². The summed E-state index contributed by atoms with van der Waals surface area (Å²) < 4.78 is 0. The van der Waals surface area contributed by atoms with E-state index in [1.807, 2.05) is 24.3 Å². The minimum atomic E-state index is -1.14. The highest BCUT2D eigenvalue weighted by Crippen LogP contribution is 2.26. The molecule has 1 aliphatic heterocycles. The van der Waals surface area contributed by atoms with Crippen molar-refractivity contribution in [3.05, 3.63) is 29.8 Å². The zero-order chi connectivity index (χ0) is 14.5. The van der Waals surface area contributed by atoms with Crippen LogP contribution in [0.25, 0.3) is 0 Å². The van der Waals surface area contributed by atoms with Crippen LogP contribution in [-0.4, -0.2) is 41.4 Å². The monoisotopic (exact) mass is 278 g/mol. The number of aryl methyl sites for hydroxylation is 1. The van der Waals surface area contributed by atoms with E-state index in [2.05, 4.69) is 5.32 Å². The third-order valence-corrected chi connectivity index (χ3v) is 3.37. The Morgan fingerprint density at radius 2 is 2.10 bits per heavy atom. The summed E-state index contributed by atoms with van der Waals surface area (Å²) in [5, 5.41) is 20.3. The van der Waals surface area contributed by atoms with Gasteiger partial charge in [-0.2, -0.15) is 0 Å². The number of carbonyl (C=O) groups excluding carboxylic acids is 1. The summed E-state index contributed by atoms with van der Waals surface area (Å²) in [4.78, 5) is 24.8. The fraction of sp³-hybridized carbons (Fsp3) is 0.429. The number of hydrogen-bond donors (Lipinski definition) is 3. The lowest BCUT2D eigenvalue weighted by Gasteiger charge is -2.30. The maximum atomic E-state index is 12.2. The van der Waals surface area contributed by atoms with Crippen LogP contribution in [0.4, 0.5) is 10.5 Å². The van der Waals surface area contributed by atoms with Crippen molar-refractivity contribution in [1.82, 2.24) is 5.32 Å². The third kappa shape index (κ3) is 3.08. The molecule has 0 spiro atoms. The molecular weight excluding hydrogens is 260 g/mol. The predicted molar refractivity (Wildman–Crippen MR) is 73.8 cm³/mol. The quantitative estimate of drug-likeness (QED) is 0.766. The Kier molecular flexibility index (Phi) is 4.57. The molecule has 2 rings (SSSR count). The normalized spacial score (nSPS) is 15.3. The molecule has 0 saturated carbocycles. The van der Waals surface area contributed by atoms with Crippen LogP contribution in [0.15, 0.2) is 24.3 Å². The average Bonchev–Trinajstić information content (AvgIpc) is 2.46. The molecule has 6 heteroatoms. The van der Waals surface area contributed by atoms with Gasteiger partial charge in [0.05, 0.1) is 0 Å². The molecule has 3 N–H and O–H groups in total. The molecule has 1 atom stereocenters. The van der Waals surface area contributed by atoms with Crippen LogP contribution in [-0.2, 0) is 11.2 Å². The smallest absolute Gasteiger partial charge is 0.326 e. The molecule has 0 aromatic heterocycles. The Morgan fingerprint density at radius 1 is 1.35 bits per heavy atom. The van der Waals surface area contributed by atoms with E-state index in [-0.39, 0.29) is 13.0 Å². The van der Waals surface area contributed by atoms with Gasteiger partial charge in [-0.25, -0.2) is 9.59 Å². The van der Waals surface area contributed by atoms with Gasteiger partial charge in [-0.1, -0.05) is 18.2 Å². The first-order valence-corrected chi connectivity index (χ1v) is 6.63. The van der Waals surface area contributed by atoms with Gasteiger partial charge in [0.15, 0.2) is 0 Å². The van der Waals surface area contributed by atoms with Crippen LogP contribution in [0.5, 0.6) is 0 Å². The van der Waals surface area contributed by atoms with E-state index in [4.69, 9.17) is 10.2 Å². The molecule has 1 aliphatic rings. The molecule has 0 unspecified atom stereocenters. The maximum absolute atomic E-state index is 12.2. The van der Waals surface area contributed by atoms with Gasteiger partial charge in [0.1, 0.15) is 6.04 Å². The summed E-state index contributed by atoms with van der Waals surface area (Å²) in [5.74, 6) is -1.14. The Balaban J connectivity index is 2.12. The summed E-state index contributed by atoms with van der Waals surface area (Å²) in [7, 11) is 0. The van der Waals surface area contributed by atoms with Crippen molar-refractivity contribution < 1.29 is 19.8 Å². The Bertz CT molecular complexity index is 504. The number of aliphatic hydroxyl groups is 1.